The van der Waals surface area contributed by atoms with E-state index in [1.54, 1.807) is 6.20 Å². The van der Waals surface area contributed by atoms with Crippen molar-refractivity contribution in [2.45, 2.75) is 11.1 Å². The number of hydrogen-bond donors (Lipinski definition) is 3. The molecule has 0 aromatic heterocycles. The first-order valence-electron chi connectivity index (χ1n) is 8.67. The molecule has 160 valence electrons. The van der Waals surface area contributed by atoms with Crippen molar-refractivity contribution in [3.8, 4) is 0 Å². The summed E-state index contributed by atoms with van der Waals surface area (Å²) in [5.41, 5.74) is -0.496. The van der Waals surface area contributed by atoms with Crippen LogP contribution in [-0.4, -0.2) is 11.9 Å². The highest BCUT2D eigenvalue weighted by Gasteiger charge is 2.35. The predicted molar refractivity (Wildman–Crippen MR) is 120 cm³/mol. The number of dihydropyridines is 1. The van der Waals surface area contributed by atoms with Crippen LogP contribution in [0, 0.1) is 23.3 Å². The Bertz CT molecular complexity index is 1200. The van der Waals surface area contributed by atoms with Gasteiger partial charge in [0.2, 0.25) is 5.78 Å². The van der Waals surface area contributed by atoms with Crippen molar-refractivity contribution in [3.05, 3.63) is 91.3 Å². The highest BCUT2D eigenvalue weighted by atomic mass is 127. The molecule has 0 spiro atoms. The summed E-state index contributed by atoms with van der Waals surface area (Å²) in [6, 6.07) is 4.80. The number of allylic oxidation sites excluding steroid dienone is 2. The standard InChI is InChI=1S/C20H11ClF4IN3OS/c21-10-7-28-20-15(18(10)26)9(6-27-20)19(30)16-12(24)3-4-13(17(16)25)29-31-14-5-8(22)1-2-11(14)23/h1-7,20,27-29H. The summed E-state index contributed by atoms with van der Waals surface area (Å²) in [7, 11) is 0. The zero-order valence-electron chi connectivity index (χ0n) is 15.2. The molecule has 2 aromatic rings. The number of carbonyl (C=O) groups is 1. The van der Waals surface area contributed by atoms with E-state index in [0.717, 1.165) is 30.3 Å². The summed E-state index contributed by atoms with van der Waals surface area (Å²) < 4.78 is 59.8. The minimum absolute atomic E-state index is 0.0620. The van der Waals surface area contributed by atoms with E-state index >= 15 is 4.39 Å². The summed E-state index contributed by atoms with van der Waals surface area (Å²) in [6.45, 7) is 0. The first kappa shape index (κ1) is 22.0. The van der Waals surface area contributed by atoms with Crippen LogP contribution in [0.25, 0.3) is 0 Å². The molecule has 4 nitrogen and oxygen atoms in total. The van der Waals surface area contributed by atoms with Gasteiger partial charge in [-0.25, -0.2) is 17.6 Å². The summed E-state index contributed by atoms with van der Waals surface area (Å²) in [5, 5.41) is 6.23. The molecule has 31 heavy (non-hydrogen) atoms. The minimum Gasteiger partial charge on any atom is -0.367 e. The van der Waals surface area contributed by atoms with E-state index < -0.39 is 40.8 Å². The Morgan fingerprint density at radius 3 is 2.55 bits per heavy atom. The first-order chi connectivity index (χ1) is 14.8. The maximum atomic E-state index is 15.1. The number of hydrogen-bond acceptors (Lipinski definition) is 5. The molecule has 2 aromatic carbocycles. The van der Waals surface area contributed by atoms with Gasteiger partial charge in [0.05, 0.1) is 21.2 Å². The molecule has 11 heteroatoms. The number of Topliss-reactive ketones (excluding diaryl/α,β-unsaturated/α-hetero) is 1. The maximum Gasteiger partial charge on any atom is 0.200 e. The summed E-state index contributed by atoms with van der Waals surface area (Å²) in [6.07, 6.45) is 2.47. The number of ketones is 1. The van der Waals surface area contributed by atoms with Gasteiger partial charge in [-0.3, -0.25) is 4.79 Å². The van der Waals surface area contributed by atoms with E-state index in [-0.39, 0.29) is 16.2 Å². The number of carbonyl (C=O) groups excluding carboxylic acids is 1. The lowest BCUT2D eigenvalue weighted by Crippen LogP contribution is -2.37. The predicted octanol–water partition coefficient (Wildman–Crippen LogP) is 5.73. The van der Waals surface area contributed by atoms with Crippen LogP contribution in [0.5, 0.6) is 0 Å². The lowest BCUT2D eigenvalue weighted by molar-refractivity contribution is 0.102. The molecule has 0 radical (unpaired) electrons. The molecular weight excluding hydrogens is 569 g/mol. The average molecular weight is 580 g/mol. The number of nitrogens with one attached hydrogen (secondary N) is 3. The Kier molecular flexibility index (Phi) is 6.22. The second kappa shape index (κ2) is 8.75. The fourth-order valence-electron chi connectivity index (χ4n) is 3.04. The van der Waals surface area contributed by atoms with Crippen molar-refractivity contribution in [3.63, 3.8) is 0 Å². The van der Waals surface area contributed by atoms with Gasteiger partial charge in [-0.2, -0.15) is 0 Å². The van der Waals surface area contributed by atoms with E-state index in [1.807, 2.05) is 22.6 Å². The van der Waals surface area contributed by atoms with Crippen molar-refractivity contribution in [1.29, 1.82) is 0 Å². The number of rotatable bonds is 5. The third-order valence-corrected chi connectivity index (χ3v) is 7.16. The highest BCUT2D eigenvalue weighted by molar-refractivity contribution is 14.1. The van der Waals surface area contributed by atoms with Gasteiger partial charge < -0.3 is 15.4 Å². The van der Waals surface area contributed by atoms with Crippen LogP contribution in [0.2, 0.25) is 0 Å². The van der Waals surface area contributed by atoms with Crippen LogP contribution >= 0.6 is 46.1 Å². The molecule has 3 N–H and O–H groups in total. The monoisotopic (exact) mass is 579 g/mol. The van der Waals surface area contributed by atoms with Gasteiger partial charge in [-0.15, -0.1) is 0 Å². The molecule has 4 rings (SSSR count). The quantitative estimate of drug-likeness (QED) is 0.183. The Morgan fingerprint density at radius 1 is 1.06 bits per heavy atom. The smallest absolute Gasteiger partial charge is 0.200 e. The molecule has 0 saturated heterocycles. The van der Waals surface area contributed by atoms with Gasteiger partial charge in [0.25, 0.3) is 0 Å². The van der Waals surface area contributed by atoms with E-state index in [4.69, 9.17) is 11.6 Å². The number of halogens is 6. The largest absolute Gasteiger partial charge is 0.367 e. The van der Waals surface area contributed by atoms with Gasteiger partial charge in [-0.05, 0) is 64.9 Å². The number of fused-ring (bicyclic) bond motifs is 1. The minimum atomic E-state index is -1.15. The fraction of sp³-hybridized carbons (Fsp3) is 0.0500. The average Bonchev–Trinajstić information content (AvgIpc) is 3.17. The van der Waals surface area contributed by atoms with Crippen LogP contribution in [0.4, 0.5) is 23.2 Å². The molecule has 1 unspecified atom stereocenters. The van der Waals surface area contributed by atoms with Gasteiger partial charge >= 0.3 is 0 Å². The van der Waals surface area contributed by atoms with E-state index in [0.29, 0.717) is 26.1 Å². The first-order valence-corrected chi connectivity index (χ1v) is 10.9. The topological polar surface area (TPSA) is 53.2 Å². The van der Waals surface area contributed by atoms with E-state index in [1.165, 1.54) is 6.20 Å². The normalized spacial score (nSPS) is 17.4. The van der Waals surface area contributed by atoms with Crippen LogP contribution in [0.1, 0.15) is 10.4 Å². The highest BCUT2D eigenvalue weighted by Crippen LogP contribution is 2.38. The van der Waals surface area contributed by atoms with Gasteiger partial charge in [-0.1, -0.05) is 11.6 Å². The van der Waals surface area contributed by atoms with Crippen molar-refractivity contribution in [2.75, 3.05) is 4.72 Å². The van der Waals surface area contributed by atoms with Crippen molar-refractivity contribution >= 4 is 57.6 Å². The number of benzene rings is 2. The van der Waals surface area contributed by atoms with Crippen LogP contribution in [0.3, 0.4) is 0 Å². The van der Waals surface area contributed by atoms with Gasteiger partial charge in [0.15, 0.2) is 5.82 Å². The Labute approximate surface area is 197 Å². The molecule has 2 aliphatic heterocycles. The van der Waals surface area contributed by atoms with Crippen molar-refractivity contribution < 1.29 is 22.4 Å². The third kappa shape index (κ3) is 4.15. The fourth-order valence-corrected chi connectivity index (χ4v) is 4.67. The Balaban J connectivity index is 1.65. The van der Waals surface area contributed by atoms with Crippen LogP contribution in [-0.2, 0) is 0 Å². The molecule has 0 amide bonds. The van der Waals surface area contributed by atoms with Gasteiger partial charge in [0.1, 0.15) is 23.6 Å². The molecule has 0 aliphatic carbocycles. The molecule has 0 bridgehead atoms. The van der Waals surface area contributed by atoms with E-state index in [9.17, 15) is 18.0 Å². The van der Waals surface area contributed by atoms with Crippen molar-refractivity contribution in [1.82, 2.24) is 10.6 Å². The zero-order chi connectivity index (χ0) is 22.3. The maximum absolute atomic E-state index is 15.1. The Morgan fingerprint density at radius 2 is 1.77 bits per heavy atom. The second-order valence-electron chi connectivity index (χ2n) is 6.44. The summed E-state index contributed by atoms with van der Waals surface area (Å²) in [4.78, 5) is 12.9. The second-order valence-corrected chi connectivity index (χ2v) is 8.77. The molecule has 1 atom stereocenters. The SMILES string of the molecule is O=C(C1=CNC2NC=C(Cl)C(I)=C12)c1c(F)ccc(NSc2cc(F)ccc2F)c1F. The van der Waals surface area contributed by atoms with E-state index in [2.05, 4.69) is 15.4 Å². The molecule has 2 heterocycles. The lowest BCUT2D eigenvalue weighted by atomic mass is 9.95. The molecule has 0 saturated carbocycles. The molecule has 2 aliphatic rings. The zero-order valence-corrected chi connectivity index (χ0v) is 18.9. The third-order valence-electron chi connectivity index (χ3n) is 4.52. The van der Waals surface area contributed by atoms with Crippen LogP contribution < -0.4 is 15.4 Å². The summed E-state index contributed by atoms with van der Waals surface area (Å²) >= 11 is 8.66. The molecule has 0 fully saturated rings. The lowest BCUT2D eigenvalue weighted by Gasteiger charge is -2.22. The molecular formula is C20H11ClF4IN3OS. The Hall–Kier alpha value is -2.18. The summed E-state index contributed by atoms with van der Waals surface area (Å²) in [5.74, 6) is -4.48. The van der Waals surface area contributed by atoms with Crippen LogP contribution in [0.15, 0.2) is 67.4 Å². The number of anilines is 1. The van der Waals surface area contributed by atoms with Crippen molar-refractivity contribution in [2.24, 2.45) is 0 Å². The van der Waals surface area contributed by atoms with Gasteiger partial charge in [0, 0.05) is 27.1 Å².